The Morgan fingerprint density at radius 3 is 2.21 bits per heavy atom. The van der Waals surface area contributed by atoms with Gasteiger partial charge in [-0.25, -0.2) is 9.59 Å². The number of hydrogen-bond donors (Lipinski definition) is 3. The highest BCUT2D eigenvalue weighted by Gasteiger charge is 2.20. The van der Waals surface area contributed by atoms with Gasteiger partial charge in [-0.1, -0.05) is 24.3 Å². The van der Waals surface area contributed by atoms with Crippen molar-refractivity contribution in [1.29, 1.82) is 0 Å². The lowest BCUT2D eigenvalue weighted by atomic mass is 10.0. The van der Waals surface area contributed by atoms with E-state index in [1.54, 1.807) is 31.2 Å². The summed E-state index contributed by atoms with van der Waals surface area (Å²) in [5.41, 5.74) is 1.52. The van der Waals surface area contributed by atoms with E-state index < -0.39 is 18.2 Å². The van der Waals surface area contributed by atoms with Crippen LogP contribution in [0.3, 0.4) is 0 Å². The molecule has 0 saturated carbocycles. The van der Waals surface area contributed by atoms with Gasteiger partial charge in [0, 0.05) is 12.8 Å². The molecule has 0 fully saturated rings. The molecular weight excluding hydrogens is 378 g/mol. The van der Waals surface area contributed by atoms with E-state index in [-0.39, 0.29) is 36.9 Å². The third-order valence-corrected chi connectivity index (χ3v) is 4.04. The fraction of sp³-hybridized carbons (Fsp3) is 0.286. The number of nitrogens with one attached hydrogen (secondary N) is 1. The smallest absolute Gasteiger partial charge is 0.508 e. The Morgan fingerprint density at radius 1 is 1.00 bits per heavy atom. The van der Waals surface area contributed by atoms with Gasteiger partial charge in [0.05, 0.1) is 6.61 Å². The molecule has 0 radical (unpaired) electrons. The van der Waals surface area contributed by atoms with E-state index in [2.05, 4.69) is 10.1 Å². The number of phenolic OH excluding ortho intramolecular Hbond substituents is 1. The number of carbonyl (C=O) groups excluding carboxylic acids is 2. The zero-order chi connectivity index (χ0) is 21.2. The highest BCUT2D eigenvalue weighted by molar-refractivity contribution is 5.83. The molecule has 0 aromatic heterocycles. The van der Waals surface area contributed by atoms with Crippen LogP contribution >= 0.6 is 0 Å². The van der Waals surface area contributed by atoms with E-state index in [4.69, 9.17) is 4.74 Å². The van der Waals surface area contributed by atoms with E-state index >= 15 is 0 Å². The Bertz CT molecular complexity index is 831. The van der Waals surface area contributed by atoms with Gasteiger partial charge in [0.1, 0.15) is 17.5 Å². The van der Waals surface area contributed by atoms with Crippen molar-refractivity contribution in [3.05, 3.63) is 59.7 Å². The Hall–Kier alpha value is -3.55. The predicted octanol–water partition coefficient (Wildman–Crippen LogP) is 2.67. The third kappa shape index (κ3) is 7.53. The number of amides is 1. The Labute approximate surface area is 168 Å². The fourth-order valence-corrected chi connectivity index (χ4v) is 2.56. The molecule has 0 heterocycles. The van der Waals surface area contributed by atoms with Crippen LogP contribution in [0.2, 0.25) is 0 Å². The lowest BCUT2D eigenvalue weighted by Crippen LogP contribution is -2.42. The number of aliphatic carboxylic acids is 1. The first kappa shape index (κ1) is 21.7. The number of ether oxygens (including phenoxy) is 2. The number of rotatable bonds is 9. The average Bonchev–Trinajstić information content (AvgIpc) is 2.68. The van der Waals surface area contributed by atoms with Crippen molar-refractivity contribution in [3.8, 4) is 11.5 Å². The van der Waals surface area contributed by atoms with E-state index in [9.17, 15) is 24.6 Å². The maximum absolute atomic E-state index is 12.1. The summed E-state index contributed by atoms with van der Waals surface area (Å²) in [5.74, 6) is -1.11. The van der Waals surface area contributed by atoms with Crippen LogP contribution in [0, 0.1) is 0 Å². The van der Waals surface area contributed by atoms with E-state index in [1.165, 1.54) is 24.3 Å². The van der Waals surface area contributed by atoms with Gasteiger partial charge in [0.25, 0.3) is 0 Å². The number of carboxylic acid groups (broad SMARTS) is 1. The van der Waals surface area contributed by atoms with Crippen molar-refractivity contribution in [2.45, 2.75) is 32.2 Å². The van der Waals surface area contributed by atoms with Crippen LogP contribution in [0.4, 0.5) is 4.79 Å². The van der Waals surface area contributed by atoms with Gasteiger partial charge in [-0.15, -0.1) is 0 Å². The second-order valence-electron chi connectivity index (χ2n) is 6.26. The predicted molar refractivity (Wildman–Crippen MR) is 104 cm³/mol. The van der Waals surface area contributed by atoms with Crippen molar-refractivity contribution >= 4 is 18.0 Å². The number of carbonyl (C=O) groups is 3. The van der Waals surface area contributed by atoms with Crippen molar-refractivity contribution in [2.75, 3.05) is 6.61 Å². The van der Waals surface area contributed by atoms with Crippen LogP contribution in [0.25, 0.3) is 0 Å². The van der Waals surface area contributed by atoms with Crippen molar-refractivity contribution < 1.29 is 34.1 Å². The minimum atomic E-state index is -1.14. The second kappa shape index (κ2) is 10.7. The van der Waals surface area contributed by atoms with Crippen LogP contribution in [0.5, 0.6) is 11.5 Å². The molecule has 8 nitrogen and oxygen atoms in total. The first-order valence-electron chi connectivity index (χ1n) is 9.11. The number of aryl methyl sites for hydroxylation is 1. The van der Waals surface area contributed by atoms with Gasteiger partial charge in [-0.2, -0.15) is 0 Å². The molecular formula is C21H23NO7. The highest BCUT2D eigenvalue weighted by atomic mass is 16.7. The number of phenols is 1. The molecule has 2 aromatic carbocycles. The van der Waals surface area contributed by atoms with E-state index in [0.29, 0.717) is 12.0 Å². The fourth-order valence-electron chi connectivity index (χ4n) is 2.56. The van der Waals surface area contributed by atoms with Gasteiger partial charge in [0.15, 0.2) is 0 Å². The summed E-state index contributed by atoms with van der Waals surface area (Å²) in [7, 11) is 0. The van der Waals surface area contributed by atoms with Crippen molar-refractivity contribution in [2.24, 2.45) is 0 Å². The molecule has 1 amide bonds. The van der Waals surface area contributed by atoms with Gasteiger partial charge < -0.3 is 25.0 Å². The average molecular weight is 401 g/mol. The molecule has 0 aliphatic carbocycles. The molecule has 3 N–H and O–H groups in total. The molecule has 0 aliphatic rings. The van der Waals surface area contributed by atoms with Gasteiger partial charge in [-0.3, -0.25) is 4.79 Å². The maximum Gasteiger partial charge on any atom is 0.513 e. The summed E-state index contributed by atoms with van der Waals surface area (Å²) in [4.78, 5) is 34.9. The SMILES string of the molecule is CCOC(=O)Oc1ccc(C[C@H](NC(=O)CCc2ccc(O)cc2)C(=O)O)cc1. The molecule has 8 heteroatoms. The maximum atomic E-state index is 12.1. The quantitative estimate of drug-likeness (QED) is 0.436. The molecule has 154 valence electrons. The lowest BCUT2D eigenvalue weighted by molar-refractivity contribution is -0.141. The van der Waals surface area contributed by atoms with Crippen LogP contribution < -0.4 is 10.1 Å². The first-order chi connectivity index (χ1) is 13.9. The minimum absolute atomic E-state index is 0.0833. The molecule has 0 aliphatic heterocycles. The van der Waals surface area contributed by atoms with Crippen LogP contribution in [-0.4, -0.2) is 40.9 Å². The normalized spacial score (nSPS) is 11.3. The summed E-state index contributed by atoms with van der Waals surface area (Å²) in [6.07, 6.45) is -0.177. The molecule has 0 spiro atoms. The van der Waals surface area contributed by atoms with Gasteiger partial charge >= 0.3 is 12.1 Å². The summed E-state index contributed by atoms with van der Waals surface area (Å²) in [5, 5.41) is 21.2. The largest absolute Gasteiger partial charge is 0.513 e. The molecule has 1 atom stereocenters. The number of aromatic hydroxyl groups is 1. The number of benzene rings is 2. The van der Waals surface area contributed by atoms with E-state index in [0.717, 1.165) is 5.56 Å². The molecule has 2 aromatic rings. The van der Waals surface area contributed by atoms with Crippen LogP contribution in [0.1, 0.15) is 24.5 Å². The minimum Gasteiger partial charge on any atom is -0.508 e. The van der Waals surface area contributed by atoms with Gasteiger partial charge in [-0.05, 0) is 48.7 Å². The standard InChI is InChI=1S/C21H23NO7/c1-2-28-21(27)29-17-10-5-15(6-11-17)13-18(20(25)26)22-19(24)12-7-14-3-8-16(23)9-4-14/h3-6,8-11,18,23H,2,7,12-13H2,1H3,(H,22,24)(H,25,26)/t18-/m0/s1. The zero-order valence-corrected chi connectivity index (χ0v) is 16.0. The Kier molecular flexibility index (Phi) is 8.02. The van der Waals surface area contributed by atoms with Crippen LogP contribution in [-0.2, 0) is 27.2 Å². The van der Waals surface area contributed by atoms with Crippen molar-refractivity contribution in [1.82, 2.24) is 5.32 Å². The Morgan fingerprint density at radius 2 is 1.62 bits per heavy atom. The summed E-state index contributed by atoms with van der Waals surface area (Å²) < 4.78 is 9.62. The van der Waals surface area contributed by atoms with Crippen molar-refractivity contribution in [3.63, 3.8) is 0 Å². The molecule has 2 rings (SSSR count). The third-order valence-electron chi connectivity index (χ3n) is 4.04. The Balaban J connectivity index is 1.88. The highest BCUT2D eigenvalue weighted by Crippen LogP contribution is 2.15. The lowest BCUT2D eigenvalue weighted by Gasteiger charge is -2.15. The monoisotopic (exact) mass is 401 g/mol. The van der Waals surface area contributed by atoms with E-state index in [1.807, 2.05) is 0 Å². The molecule has 0 bridgehead atoms. The summed E-state index contributed by atoms with van der Waals surface area (Å²) in [6.45, 7) is 1.86. The topological polar surface area (TPSA) is 122 Å². The number of hydrogen-bond acceptors (Lipinski definition) is 6. The van der Waals surface area contributed by atoms with Gasteiger partial charge in [0.2, 0.25) is 5.91 Å². The zero-order valence-electron chi connectivity index (χ0n) is 16.0. The van der Waals surface area contributed by atoms with Crippen LogP contribution in [0.15, 0.2) is 48.5 Å². The first-order valence-corrected chi connectivity index (χ1v) is 9.11. The number of carboxylic acids is 1. The molecule has 0 unspecified atom stereocenters. The second-order valence-corrected chi connectivity index (χ2v) is 6.26. The summed E-state index contributed by atoms with van der Waals surface area (Å²) >= 11 is 0. The molecule has 0 saturated heterocycles. The molecule has 29 heavy (non-hydrogen) atoms. The summed E-state index contributed by atoms with van der Waals surface area (Å²) in [6, 6.07) is 11.7.